The van der Waals surface area contributed by atoms with Gasteiger partial charge < -0.3 is 24.6 Å². The number of carbonyl (C=O) groups is 2. The Morgan fingerprint density at radius 1 is 0.927 bits per heavy atom. The minimum atomic E-state index is -1.06. The third-order valence-electron chi connectivity index (χ3n) is 7.76. The molecule has 1 heterocycles. The predicted octanol–water partition coefficient (Wildman–Crippen LogP) is 5.77. The summed E-state index contributed by atoms with van der Waals surface area (Å²) in [5.74, 6) is 0.536. The number of nitrogens with zero attached hydrogens (tertiary/aromatic N) is 1. The van der Waals surface area contributed by atoms with Crippen molar-refractivity contribution in [3.05, 3.63) is 90.0 Å². The van der Waals surface area contributed by atoms with E-state index in [1.54, 1.807) is 35.2 Å². The predicted molar refractivity (Wildman–Crippen MR) is 156 cm³/mol. The second-order valence-corrected chi connectivity index (χ2v) is 10.4. The quantitative estimate of drug-likeness (QED) is 0.302. The fraction of sp³-hybridized carbons (Fsp3) is 0.273. The summed E-state index contributed by atoms with van der Waals surface area (Å²) in [7, 11) is 1.45. The van der Waals surface area contributed by atoms with Gasteiger partial charge in [0, 0.05) is 17.0 Å². The molecule has 0 bridgehead atoms. The van der Waals surface area contributed by atoms with E-state index < -0.39 is 6.04 Å². The number of aromatic hydroxyl groups is 1. The average Bonchev–Trinajstić information content (AvgIpc) is 3.52. The van der Waals surface area contributed by atoms with Gasteiger partial charge >= 0.3 is 0 Å². The second-order valence-electron chi connectivity index (χ2n) is 10.4. The van der Waals surface area contributed by atoms with Crippen molar-refractivity contribution in [3.8, 4) is 23.0 Å². The largest absolute Gasteiger partial charge is 0.504 e. The number of rotatable bonds is 7. The van der Waals surface area contributed by atoms with E-state index in [0.29, 0.717) is 41.5 Å². The van der Waals surface area contributed by atoms with Crippen molar-refractivity contribution >= 4 is 28.3 Å². The number of amides is 2. The highest BCUT2D eigenvalue weighted by Crippen LogP contribution is 2.39. The number of phenols is 1. The number of hydrogen-bond acceptors (Lipinski definition) is 6. The van der Waals surface area contributed by atoms with E-state index in [-0.39, 0.29) is 29.4 Å². The van der Waals surface area contributed by atoms with Gasteiger partial charge in [-0.3, -0.25) is 14.5 Å². The standard InChI is InChI=1S/C33H32N2O6/c1-39-29-19-22(13-15-27(29)36)31(32(37)34-24-9-3-4-10-24)35(26-12-6-8-21-7-2-5-11-25(21)26)33(38)23-14-16-28-30(20-23)41-18-17-40-28/h2,5-8,11-16,19-20,24,31,36H,3-4,9-10,17-18H2,1H3,(H,34,37). The smallest absolute Gasteiger partial charge is 0.259 e. The third kappa shape index (κ3) is 5.25. The minimum absolute atomic E-state index is 0.0303. The van der Waals surface area contributed by atoms with Gasteiger partial charge in [0.25, 0.3) is 5.91 Å². The van der Waals surface area contributed by atoms with Crippen LogP contribution in [0.1, 0.15) is 47.6 Å². The summed E-state index contributed by atoms with van der Waals surface area (Å²) in [5.41, 5.74) is 1.45. The molecule has 1 saturated carbocycles. The van der Waals surface area contributed by atoms with E-state index in [2.05, 4.69) is 5.32 Å². The molecule has 2 amide bonds. The molecule has 1 aliphatic carbocycles. The maximum atomic E-state index is 14.6. The van der Waals surface area contributed by atoms with E-state index in [1.807, 2.05) is 42.5 Å². The Bertz CT molecular complexity index is 1590. The number of benzene rings is 4. The average molecular weight is 553 g/mol. The van der Waals surface area contributed by atoms with Gasteiger partial charge in [0.2, 0.25) is 5.91 Å². The molecule has 8 heteroatoms. The highest BCUT2D eigenvalue weighted by atomic mass is 16.6. The number of methoxy groups -OCH3 is 1. The SMILES string of the molecule is COc1cc(C(C(=O)NC2CCCC2)N(C(=O)c2ccc3c(c2)OCCO3)c2cccc3ccccc23)ccc1O. The number of phenolic OH excluding ortho intramolecular Hbond substituents is 1. The lowest BCUT2D eigenvalue weighted by atomic mass is 9.98. The number of ether oxygens (including phenoxy) is 3. The van der Waals surface area contributed by atoms with Crippen LogP contribution < -0.4 is 24.4 Å². The number of carbonyl (C=O) groups excluding carboxylic acids is 2. The van der Waals surface area contributed by atoms with Crippen molar-refractivity contribution < 1.29 is 28.9 Å². The van der Waals surface area contributed by atoms with Gasteiger partial charge in [-0.1, -0.05) is 55.3 Å². The molecule has 0 spiro atoms. The molecule has 2 N–H and O–H groups in total. The first kappa shape index (κ1) is 26.5. The van der Waals surface area contributed by atoms with Crippen molar-refractivity contribution in [1.82, 2.24) is 5.32 Å². The van der Waals surface area contributed by atoms with Gasteiger partial charge in [0.15, 0.2) is 23.0 Å². The number of fused-ring (bicyclic) bond motifs is 2. The maximum absolute atomic E-state index is 14.6. The van der Waals surface area contributed by atoms with Crippen molar-refractivity contribution in [3.63, 3.8) is 0 Å². The number of nitrogens with one attached hydrogen (secondary N) is 1. The van der Waals surface area contributed by atoms with Crippen LogP contribution in [0.15, 0.2) is 78.9 Å². The summed E-state index contributed by atoms with van der Waals surface area (Å²) in [6.45, 7) is 0.825. The molecule has 1 fully saturated rings. The van der Waals surface area contributed by atoms with Crippen LogP contribution in [-0.2, 0) is 4.79 Å². The van der Waals surface area contributed by atoms with E-state index in [1.165, 1.54) is 13.2 Å². The van der Waals surface area contributed by atoms with Crippen LogP contribution in [0.25, 0.3) is 10.8 Å². The zero-order chi connectivity index (χ0) is 28.3. The Hall–Kier alpha value is -4.72. The zero-order valence-corrected chi connectivity index (χ0v) is 22.8. The van der Waals surface area contributed by atoms with Crippen molar-refractivity contribution in [1.29, 1.82) is 0 Å². The van der Waals surface area contributed by atoms with Crippen molar-refractivity contribution in [2.75, 3.05) is 25.2 Å². The highest BCUT2D eigenvalue weighted by molar-refractivity contribution is 6.14. The molecule has 2 aliphatic rings. The van der Waals surface area contributed by atoms with Crippen LogP contribution in [0.2, 0.25) is 0 Å². The van der Waals surface area contributed by atoms with Gasteiger partial charge in [0.1, 0.15) is 19.3 Å². The highest BCUT2D eigenvalue weighted by Gasteiger charge is 2.36. The van der Waals surface area contributed by atoms with Crippen LogP contribution in [0.5, 0.6) is 23.0 Å². The summed E-state index contributed by atoms with van der Waals surface area (Å²) in [4.78, 5) is 30.4. The summed E-state index contributed by atoms with van der Waals surface area (Å²) in [6, 6.07) is 22.3. The van der Waals surface area contributed by atoms with Crippen LogP contribution >= 0.6 is 0 Å². The van der Waals surface area contributed by atoms with Crippen molar-refractivity contribution in [2.24, 2.45) is 0 Å². The zero-order valence-electron chi connectivity index (χ0n) is 22.8. The summed E-state index contributed by atoms with van der Waals surface area (Å²) in [6.07, 6.45) is 3.88. The summed E-state index contributed by atoms with van der Waals surface area (Å²) < 4.78 is 16.8. The maximum Gasteiger partial charge on any atom is 0.259 e. The molecule has 1 aliphatic heterocycles. The van der Waals surface area contributed by atoms with Gasteiger partial charge in [-0.05, 0) is 60.2 Å². The molecule has 4 aromatic carbocycles. The first-order valence-electron chi connectivity index (χ1n) is 13.9. The summed E-state index contributed by atoms with van der Waals surface area (Å²) in [5, 5.41) is 15.3. The van der Waals surface area contributed by atoms with Crippen LogP contribution in [-0.4, -0.2) is 43.3 Å². The Labute approximate surface area is 238 Å². The normalized spacial score (nSPS) is 15.3. The Morgan fingerprint density at radius 2 is 1.68 bits per heavy atom. The molecule has 1 atom stereocenters. The lowest BCUT2D eigenvalue weighted by Crippen LogP contribution is -2.46. The van der Waals surface area contributed by atoms with E-state index >= 15 is 0 Å². The van der Waals surface area contributed by atoms with Crippen LogP contribution in [0.3, 0.4) is 0 Å². The molecule has 4 aromatic rings. The Balaban J connectivity index is 1.54. The fourth-order valence-electron chi connectivity index (χ4n) is 5.73. The molecule has 210 valence electrons. The van der Waals surface area contributed by atoms with Gasteiger partial charge in [0.05, 0.1) is 12.8 Å². The monoisotopic (exact) mass is 552 g/mol. The van der Waals surface area contributed by atoms with Gasteiger partial charge in [-0.15, -0.1) is 0 Å². The number of hydrogen-bond donors (Lipinski definition) is 2. The molecule has 41 heavy (non-hydrogen) atoms. The van der Waals surface area contributed by atoms with Crippen LogP contribution in [0.4, 0.5) is 5.69 Å². The van der Waals surface area contributed by atoms with Crippen molar-refractivity contribution in [2.45, 2.75) is 37.8 Å². The molecule has 0 radical (unpaired) electrons. The lowest BCUT2D eigenvalue weighted by molar-refractivity contribution is -0.123. The first-order valence-corrected chi connectivity index (χ1v) is 13.9. The van der Waals surface area contributed by atoms with E-state index in [9.17, 15) is 14.7 Å². The van der Waals surface area contributed by atoms with E-state index in [0.717, 1.165) is 36.5 Å². The Morgan fingerprint density at radius 3 is 2.49 bits per heavy atom. The molecule has 8 nitrogen and oxygen atoms in total. The molecular weight excluding hydrogens is 520 g/mol. The first-order chi connectivity index (χ1) is 20.0. The second kappa shape index (κ2) is 11.4. The molecule has 0 saturated heterocycles. The lowest BCUT2D eigenvalue weighted by Gasteiger charge is -2.33. The Kier molecular flexibility index (Phi) is 7.37. The minimum Gasteiger partial charge on any atom is -0.504 e. The third-order valence-corrected chi connectivity index (χ3v) is 7.76. The molecular formula is C33H32N2O6. The van der Waals surface area contributed by atoms with Crippen LogP contribution in [0, 0.1) is 0 Å². The topological polar surface area (TPSA) is 97.3 Å². The summed E-state index contributed by atoms with van der Waals surface area (Å²) >= 11 is 0. The van der Waals surface area contributed by atoms with Gasteiger partial charge in [-0.25, -0.2) is 0 Å². The fourth-order valence-corrected chi connectivity index (χ4v) is 5.73. The molecule has 0 aromatic heterocycles. The van der Waals surface area contributed by atoms with E-state index in [4.69, 9.17) is 14.2 Å². The molecule has 1 unspecified atom stereocenters. The van der Waals surface area contributed by atoms with Gasteiger partial charge in [-0.2, -0.15) is 0 Å². The molecule has 6 rings (SSSR count). The number of anilines is 1.